The fourth-order valence-electron chi connectivity index (χ4n) is 5.72. The van der Waals surface area contributed by atoms with Gasteiger partial charge in [0.1, 0.15) is 0 Å². The number of halogens is 1. The molecule has 0 amide bonds. The van der Waals surface area contributed by atoms with E-state index in [9.17, 15) is 0 Å². The van der Waals surface area contributed by atoms with E-state index in [0.717, 1.165) is 57.9 Å². The fraction of sp³-hybridized carbons (Fsp3) is 0.394. The zero-order valence-electron chi connectivity index (χ0n) is 24.3. The maximum absolute atomic E-state index is 16.4. The van der Waals surface area contributed by atoms with Crippen molar-refractivity contribution in [2.45, 2.75) is 65.1 Å². The van der Waals surface area contributed by atoms with Crippen molar-refractivity contribution in [2.75, 3.05) is 21.1 Å². The van der Waals surface area contributed by atoms with Crippen LogP contribution in [-0.4, -0.2) is 41.5 Å². The predicted octanol–water partition coefficient (Wildman–Crippen LogP) is 7.67. The first-order valence-electron chi connectivity index (χ1n) is 13.5. The Balaban J connectivity index is 1.69. The summed E-state index contributed by atoms with van der Waals surface area (Å²) < 4.78 is 16.4. The Morgan fingerprint density at radius 1 is 1.26 bits per heavy atom. The quantitative estimate of drug-likeness (QED) is 0.337. The Kier molecular flexibility index (Phi) is 7.26. The normalized spacial score (nSPS) is 23.2. The summed E-state index contributed by atoms with van der Waals surface area (Å²) in [5.74, 6) is 0. The predicted molar refractivity (Wildman–Crippen MR) is 160 cm³/mol. The minimum atomic E-state index is -1.42. The number of allylic oxidation sites excluding steroid dienone is 4. The van der Waals surface area contributed by atoms with Gasteiger partial charge in [-0.15, -0.1) is 0 Å². The Morgan fingerprint density at radius 2 is 1.97 bits per heavy atom. The first-order chi connectivity index (χ1) is 17.9. The van der Waals surface area contributed by atoms with Gasteiger partial charge in [-0.05, 0) is 68.0 Å². The van der Waals surface area contributed by atoms with Gasteiger partial charge in [0, 0.05) is 51.1 Å². The summed E-state index contributed by atoms with van der Waals surface area (Å²) in [5.41, 5.74) is 9.11. The van der Waals surface area contributed by atoms with Gasteiger partial charge in [-0.3, -0.25) is 0 Å². The van der Waals surface area contributed by atoms with E-state index in [4.69, 9.17) is 0 Å². The van der Waals surface area contributed by atoms with Crippen molar-refractivity contribution >= 4 is 17.0 Å². The molecule has 2 N–H and O–H groups in total. The second kappa shape index (κ2) is 10.0. The highest BCUT2D eigenvalue weighted by Gasteiger charge is 2.69. The molecular formula is C33H43FN4. The Morgan fingerprint density at radius 3 is 2.58 bits per heavy atom. The fourth-order valence-corrected chi connectivity index (χ4v) is 5.72. The highest BCUT2D eigenvalue weighted by Crippen LogP contribution is 2.63. The molecule has 38 heavy (non-hydrogen) atoms. The lowest BCUT2D eigenvalue weighted by Crippen LogP contribution is -2.35. The molecule has 1 aliphatic heterocycles. The number of likely N-dealkylation sites (N-methyl/N-ethyl adjacent to an activating group) is 1. The number of hydrogen-bond acceptors (Lipinski definition) is 3. The first-order valence-corrected chi connectivity index (χ1v) is 13.5. The number of H-pyrrole nitrogens is 1. The van der Waals surface area contributed by atoms with E-state index < -0.39 is 11.2 Å². The van der Waals surface area contributed by atoms with Crippen LogP contribution in [0.2, 0.25) is 0 Å². The monoisotopic (exact) mass is 514 g/mol. The zero-order chi connectivity index (χ0) is 28.0. The summed E-state index contributed by atoms with van der Waals surface area (Å²) in [5, 5.41) is 3.21. The van der Waals surface area contributed by atoms with Gasteiger partial charge in [-0.25, -0.2) is 4.39 Å². The van der Waals surface area contributed by atoms with E-state index in [1.54, 1.807) is 0 Å². The third-order valence-electron chi connectivity index (χ3n) is 8.64. The molecule has 1 fully saturated rings. The minimum absolute atomic E-state index is 0.428. The molecule has 2 heterocycles. The number of alkyl halides is 1. The molecule has 0 spiro atoms. The maximum atomic E-state index is 16.4. The molecule has 202 valence electrons. The molecule has 5 heteroatoms. The van der Waals surface area contributed by atoms with E-state index in [2.05, 4.69) is 73.7 Å². The van der Waals surface area contributed by atoms with Gasteiger partial charge < -0.3 is 20.1 Å². The SMILES string of the molecule is C=C1c2[nH]c(C(=C)N(C)C3(C)CC3(F)c3ccc(C)c(C)c3)cc2C(C(=C/C)/C(=C\NC)CCC)=CN1C. The van der Waals surface area contributed by atoms with Crippen molar-refractivity contribution in [1.82, 2.24) is 20.1 Å². The average Bonchev–Trinajstić information content (AvgIpc) is 3.23. The third-order valence-corrected chi connectivity index (χ3v) is 8.64. The molecule has 1 aliphatic carbocycles. The number of benzene rings is 1. The lowest BCUT2D eigenvalue weighted by atomic mass is 9.88. The summed E-state index contributed by atoms with van der Waals surface area (Å²) in [4.78, 5) is 7.65. The molecule has 0 radical (unpaired) electrons. The van der Waals surface area contributed by atoms with Gasteiger partial charge in [-0.1, -0.05) is 50.8 Å². The van der Waals surface area contributed by atoms with Crippen LogP contribution in [0.15, 0.2) is 67.0 Å². The Labute approximate surface area is 228 Å². The van der Waals surface area contributed by atoms with E-state index in [-0.39, 0.29) is 0 Å². The van der Waals surface area contributed by atoms with Crippen molar-refractivity contribution in [3.63, 3.8) is 0 Å². The van der Waals surface area contributed by atoms with Crippen LogP contribution in [0, 0.1) is 13.8 Å². The number of fused-ring (bicyclic) bond motifs is 1. The molecule has 1 aromatic carbocycles. The second-order valence-electron chi connectivity index (χ2n) is 11.0. The van der Waals surface area contributed by atoms with Crippen LogP contribution in [0.3, 0.4) is 0 Å². The van der Waals surface area contributed by atoms with Crippen LogP contribution in [0.4, 0.5) is 4.39 Å². The number of hydrogen-bond donors (Lipinski definition) is 2. The summed E-state index contributed by atoms with van der Waals surface area (Å²) in [7, 11) is 5.91. The van der Waals surface area contributed by atoms with Crippen LogP contribution in [0.5, 0.6) is 0 Å². The number of aryl methyl sites for hydroxylation is 2. The summed E-state index contributed by atoms with van der Waals surface area (Å²) in [6.45, 7) is 19.1. The van der Waals surface area contributed by atoms with Gasteiger partial charge in [-0.2, -0.15) is 0 Å². The summed E-state index contributed by atoms with van der Waals surface area (Å²) >= 11 is 0. The van der Waals surface area contributed by atoms with Crippen molar-refractivity contribution in [1.29, 1.82) is 0 Å². The van der Waals surface area contributed by atoms with Crippen LogP contribution in [0.1, 0.15) is 73.7 Å². The van der Waals surface area contributed by atoms with Crippen LogP contribution >= 0.6 is 0 Å². The number of nitrogens with zero attached hydrogens (tertiary/aromatic N) is 2. The molecule has 4 nitrogen and oxygen atoms in total. The standard InChI is InChI=1S/C33H43FN4/c1-11-13-25(18-35-8)27(12-2)29-19-37(9)24(6)31-28(29)17-30(36-31)23(5)38(10)32(7)20-33(32,34)26-15-14-21(3)22(4)16-26/h12,14-19,35-36H,5-6,11,13,20H2,1-4,7-10H3/b25-18-,27-12+. The van der Waals surface area contributed by atoms with E-state index in [0.29, 0.717) is 6.42 Å². The molecule has 2 unspecified atom stereocenters. The Bertz CT molecular complexity index is 1370. The lowest BCUT2D eigenvalue weighted by molar-refractivity contribution is 0.197. The average molecular weight is 515 g/mol. The lowest BCUT2D eigenvalue weighted by Gasteiger charge is -2.31. The molecule has 1 saturated carbocycles. The molecule has 4 rings (SSSR count). The van der Waals surface area contributed by atoms with Crippen LogP contribution in [0.25, 0.3) is 17.0 Å². The van der Waals surface area contributed by atoms with Crippen LogP contribution < -0.4 is 5.32 Å². The van der Waals surface area contributed by atoms with Gasteiger partial charge in [0.25, 0.3) is 0 Å². The molecule has 1 aromatic heterocycles. The van der Waals surface area contributed by atoms with E-state index >= 15 is 4.39 Å². The molecule has 2 aromatic rings. The molecule has 0 bridgehead atoms. The highest BCUT2D eigenvalue weighted by molar-refractivity contribution is 5.92. The number of rotatable bonds is 9. The highest BCUT2D eigenvalue weighted by atomic mass is 19.1. The Hall–Kier alpha value is -3.47. The van der Waals surface area contributed by atoms with Gasteiger partial charge in [0.15, 0.2) is 5.67 Å². The first kappa shape index (κ1) is 27.6. The van der Waals surface area contributed by atoms with Gasteiger partial charge in [0.05, 0.1) is 28.3 Å². The smallest absolute Gasteiger partial charge is 0.161 e. The zero-order valence-corrected chi connectivity index (χ0v) is 24.3. The second-order valence-corrected chi connectivity index (χ2v) is 11.0. The summed E-state index contributed by atoms with van der Waals surface area (Å²) in [6, 6.07) is 8.08. The van der Waals surface area contributed by atoms with Crippen LogP contribution in [-0.2, 0) is 5.67 Å². The maximum Gasteiger partial charge on any atom is 0.161 e. The molecule has 2 atom stereocenters. The molecule has 0 saturated heterocycles. The number of nitrogens with one attached hydrogen (secondary N) is 2. The van der Waals surface area contributed by atoms with Crippen molar-refractivity contribution in [2.24, 2.45) is 0 Å². The third kappa shape index (κ3) is 4.32. The van der Waals surface area contributed by atoms with Crippen molar-refractivity contribution in [3.8, 4) is 0 Å². The molecule has 2 aliphatic rings. The summed E-state index contributed by atoms with van der Waals surface area (Å²) in [6.07, 6.45) is 8.87. The molecular weight excluding hydrogens is 471 g/mol. The number of aromatic amines is 1. The minimum Gasteiger partial charge on any atom is -0.394 e. The van der Waals surface area contributed by atoms with Gasteiger partial charge >= 0.3 is 0 Å². The van der Waals surface area contributed by atoms with E-state index in [1.807, 2.05) is 58.1 Å². The number of aromatic nitrogens is 1. The van der Waals surface area contributed by atoms with Crippen molar-refractivity contribution in [3.05, 3.63) is 101 Å². The van der Waals surface area contributed by atoms with Gasteiger partial charge in [0.2, 0.25) is 0 Å². The van der Waals surface area contributed by atoms with Crippen molar-refractivity contribution < 1.29 is 4.39 Å². The van der Waals surface area contributed by atoms with E-state index in [1.165, 1.54) is 16.7 Å². The topological polar surface area (TPSA) is 34.3 Å². The largest absolute Gasteiger partial charge is 0.394 e.